The van der Waals surface area contributed by atoms with Crippen LogP contribution in [0.1, 0.15) is 5.56 Å². The van der Waals surface area contributed by atoms with E-state index in [-0.39, 0.29) is 0 Å². The van der Waals surface area contributed by atoms with E-state index in [0.29, 0.717) is 38.4 Å². The topological polar surface area (TPSA) is 48.7 Å². The van der Waals surface area contributed by atoms with Crippen molar-refractivity contribution in [2.45, 2.75) is 13.5 Å². The summed E-state index contributed by atoms with van der Waals surface area (Å²) in [7, 11) is 1.75. The van der Waals surface area contributed by atoms with Gasteiger partial charge in [0.15, 0.2) is 5.96 Å². The molecule has 1 saturated heterocycles. The van der Waals surface area contributed by atoms with Gasteiger partial charge in [-0.25, -0.2) is 8.78 Å². The summed E-state index contributed by atoms with van der Waals surface area (Å²) in [5.41, 5.74) is 1.46. The quantitative estimate of drug-likeness (QED) is 0.666. The van der Waals surface area contributed by atoms with E-state index in [4.69, 9.17) is 0 Å². The molecule has 3 rings (SSSR count). The maximum absolute atomic E-state index is 13.9. The van der Waals surface area contributed by atoms with E-state index >= 15 is 0 Å². The lowest BCUT2D eigenvalue weighted by molar-refractivity contribution is 0.369. The van der Waals surface area contributed by atoms with E-state index in [2.05, 4.69) is 20.3 Å². The monoisotopic (exact) mass is 362 g/mol. The Hall–Kier alpha value is -2.64. The Morgan fingerprint density at radius 3 is 2.65 bits per heavy atom. The molecule has 0 unspecified atom stereocenters. The average Bonchev–Trinajstić information content (AvgIpc) is 3.06. The molecule has 0 bridgehead atoms. The highest BCUT2D eigenvalue weighted by Crippen LogP contribution is 2.21. The summed E-state index contributed by atoms with van der Waals surface area (Å²) in [6, 6.07) is 3.57. The molecule has 1 aromatic heterocycles. The summed E-state index contributed by atoms with van der Waals surface area (Å²) >= 11 is 0. The maximum atomic E-state index is 13.9. The van der Waals surface area contributed by atoms with E-state index in [1.807, 2.05) is 28.9 Å². The Bertz CT molecular complexity index is 765. The minimum atomic E-state index is -0.421. The van der Waals surface area contributed by atoms with Gasteiger partial charge in [-0.05, 0) is 24.6 Å². The number of guanidine groups is 1. The Kier molecular flexibility index (Phi) is 5.70. The van der Waals surface area contributed by atoms with Crippen LogP contribution in [0.4, 0.5) is 14.5 Å². The summed E-state index contributed by atoms with van der Waals surface area (Å²) in [6.07, 6.45) is 3.83. The van der Waals surface area contributed by atoms with Crippen LogP contribution in [0.15, 0.2) is 35.6 Å². The van der Waals surface area contributed by atoms with Gasteiger partial charge in [0.2, 0.25) is 0 Å². The van der Waals surface area contributed by atoms with E-state index < -0.39 is 11.6 Å². The van der Waals surface area contributed by atoms with E-state index in [9.17, 15) is 8.78 Å². The molecule has 1 aliphatic rings. The summed E-state index contributed by atoms with van der Waals surface area (Å²) in [5.74, 6) is 0.000259. The van der Waals surface area contributed by atoms with Crippen LogP contribution in [0.3, 0.4) is 0 Å². The van der Waals surface area contributed by atoms with Crippen molar-refractivity contribution in [2.75, 3.05) is 44.7 Å². The predicted octanol–water partition coefficient (Wildman–Crippen LogP) is 1.87. The molecule has 0 atom stereocenters. The zero-order valence-corrected chi connectivity index (χ0v) is 15.1. The van der Waals surface area contributed by atoms with Crippen LogP contribution >= 0.6 is 0 Å². The molecule has 1 N–H and O–H groups in total. The molecule has 8 heteroatoms. The number of hydrogen-bond acceptors (Lipinski definition) is 3. The molecule has 26 heavy (non-hydrogen) atoms. The molecule has 0 saturated carbocycles. The second kappa shape index (κ2) is 8.16. The van der Waals surface area contributed by atoms with E-state index in [1.54, 1.807) is 7.05 Å². The number of benzene rings is 1. The number of halogens is 2. The molecule has 0 aliphatic carbocycles. The molecular formula is C18H24F2N6. The van der Waals surface area contributed by atoms with Gasteiger partial charge in [0, 0.05) is 52.0 Å². The molecule has 1 fully saturated rings. The van der Waals surface area contributed by atoms with E-state index in [1.165, 1.54) is 12.1 Å². The van der Waals surface area contributed by atoms with Crippen molar-refractivity contribution in [3.05, 3.63) is 47.8 Å². The van der Waals surface area contributed by atoms with Crippen molar-refractivity contribution >= 4 is 11.6 Å². The molecule has 1 aliphatic heterocycles. The van der Waals surface area contributed by atoms with Crippen molar-refractivity contribution in [3.63, 3.8) is 0 Å². The standard InChI is InChI=1S/C18H24F2N6/c1-14-12-23-26(13-14)6-5-22-18(21-2)25-9-7-24(8-10-25)17-11-15(19)3-4-16(17)20/h3-4,11-13H,5-10H2,1-2H3,(H,21,22). The zero-order valence-electron chi connectivity index (χ0n) is 15.1. The number of anilines is 1. The molecule has 140 valence electrons. The van der Waals surface area contributed by atoms with Crippen LogP contribution in [0.5, 0.6) is 0 Å². The van der Waals surface area contributed by atoms with Gasteiger partial charge in [0.05, 0.1) is 18.4 Å². The molecular weight excluding hydrogens is 338 g/mol. The first-order chi connectivity index (χ1) is 12.6. The third-order valence-corrected chi connectivity index (χ3v) is 4.43. The lowest BCUT2D eigenvalue weighted by atomic mass is 10.2. The SMILES string of the molecule is CN=C(NCCn1cc(C)cn1)N1CCN(c2cc(F)ccc2F)CC1. The number of rotatable bonds is 4. The van der Waals surface area contributed by atoms with Crippen LogP contribution in [0.2, 0.25) is 0 Å². The summed E-state index contributed by atoms with van der Waals surface area (Å²) in [6.45, 7) is 6.08. The summed E-state index contributed by atoms with van der Waals surface area (Å²) < 4.78 is 29.2. The first-order valence-corrected chi connectivity index (χ1v) is 8.71. The number of aryl methyl sites for hydroxylation is 1. The molecule has 0 spiro atoms. The van der Waals surface area contributed by atoms with Gasteiger partial charge in [-0.15, -0.1) is 0 Å². The van der Waals surface area contributed by atoms with Crippen molar-refractivity contribution in [2.24, 2.45) is 4.99 Å². The van der Waals surface area contributed by atoms with Crippen LogP contribution < -0.4 is 10.2 Å². The van der Waals surface area contributed by atoms with Crippen molar-refractivity contribution in [3.8, 4) is 0 Å². The largest absolute Gasteiger partial charge is 0.366 e. The summed E-state index contributed by atoms with van der Waals surface area (Å²) in [4.78, 5) is 8.32. The van der Waals surface area contributed by atoms with Gasteiger partial charge in [0.1, 0.15) is 11.6 Å². The molecule has 2 aromatic rings. The molecule has 1 aromatic carbocycles. The fourth-order valence-corrected chi connectivity index (χ4v) is 3.09. The first-order valence-electron chi connectivity index (χ1n) is 8.71. The molecule has 0 radical (unpaired) electrons. The van der Waals surface area contributed by atoms with Gasteiger partial charge in [-0.3, -0.25) is 9.67 Å². The second-order valence-electron chi connectivity index (χ2n) is 6.32. The van der Waals surface area contributed by atoms with Gasteiger partial charge in [-0.2, -0.15) is 5.10 Å². The fraction of sp³-hybridized carbons (Fsp3) is 0.444. The van der Waals surface area contributed by atoms with Crippen LogP contribution in [0.25, 0.3) is 0 Å². The number of aliphatic imine (C=N–C) groups is 1. The minimum absolute atomic E-state index is 0.321. The van der Waals surface area contributed by atoms with Crippen LogP contribution in [0, 0.1) is 18.6 Å². The maximum Gasteiger partial charge on any atom is 0.193 e. The van der Waals surface area contributed by atoms with Crippen molar-refractivity contribution in [1.29, 1.82) is 0 Å². The number of piperazine rings is 1. The summed E-state index contributed by atoms with van der Waals surface area (Å²) in [5, 5.41) is 7.59. The zero-order chi connectivity index (χ0) is 18.5. The Morgan fingerprint density at radius 2 is 2.00 bits per heavy atom. The second-order valence-corrected chi connectivity index (χ2v) is 6.32. The lowest BCUT2D eigenvalue weighted by Gasteiger charge is -2.37. The Balaban J connectivity index is 1.51. The lowest BCUT2D eigenvalue weighted by Crippen LogP contribution is -2.53. The number of hydrogen-bond donors (Lipinski definition) is 1. The third-order valence-electron chi connectivity index (χ3n) is 4.43. The van der Waals surface area contributed by atoms with Crippen LogP contribution in [-0.2, 0) is 6.54 Å². The van der Waals surface area contributed by atoms with Gasteiger partial charge < -0.3 is 15.1 Å². The predicted molar refractivity (Wildman–Crippen MR) is 98.5 cm³/mol. The Morgan fingerprint density at radius 1 is 1.23 bits per heavy atom. The Labute approximate surface area is 152 Å². The van der Waals surface area contributed by atoms with Crippen molar-refractivity contribution in [1.82, 2.24) is 20.0 Å². The molecule has 0 amide bonds. The van der Waals surface area contributed by atoms with Gasteiger partial charge in [0.25, 0.3) is 0 Å². The van der Waals surface area contributed by atoms with Gasteiger partial charge in [-0.1, -0.05) is 0 Å². The van der Waals surface area contributed by atoms with Crippen molar-refractivity contribution < 1.29 is 8.78 Å². The number of nitrogens with one attached hydrogen (secondary N) is 1. The fourth-order valence-electron chi connectivity index (χ4n) is 3.09. The van der Waals surface area contributed by atoms with Crippen LogP contribution in [-0.4, -0.2) is 60.4 Å². The van der Waals surface area contributed by atoms with E-state index in [0.717, 1.165) is 24.1 Å². The number of aromatic nitrogens is 2. The molecule has 6 nitrogen and oxygen atoms in total. The molecule has 2 heterocycles. The van der Waals surface area contributed by atoms with Gasteiger partial charge >= 0.3 is 0 Å². The minimum Gasteiger partial charge on any atom is -0.366 e. The average molecular weight is 362 g/mol. The highest BCUT2D eigenvalue weighted by molar-refractivity contribution is 5.80. The normalized spacial score (nSPS) is 15.5. The number of nitrogens with zero attached hydrogens (tertiary/aromatic N) is 5. The first kappa shape index (κ1) is 18.2. The highest BCUT2D eigenvalue weighted by Gasteiger charge is 2.21. The third kappa shape index (κ3) is 4.30. The smallest absolute Gasteiger partial charge is 0.193 e. The highest BCUT2D eigenvalue weighted by atomic mass is 19.1.